The summed E-state index contributed by atoms with van der Waals surface area (Å²) in [4.78, 5) is 4.59. The van der Waals surface area contributed by atoms with Crippen LogP contribution in [0, 0.1) is 5.41 Å². The Hall–Kier alpha value is -0.440. The molecule has 1 aromatic heterocycles. The molecule has 1 aliphatic rings. The van der Waals surface area contributed by atoms with Crippen LogP contribution in [0.3, 0.4) is 0 Å². The average Bonchev–Trinajstić information content (AvgIpc) is 2.96. The molecular weight excluding hydrogens is 315 g/mol. The highest BCUT2D eigenvalue weighted by Gasteiger charge is 2.30. The number of halogens is 3. The SMILES string of the molecule is CC1(Cn2c(CCl)nc3cc(Cl)c(Cl)cc32)CCCC1. The standard InChI is InChI=1S/C15H17Cl3N2/c1-15(4-2-3-5-15)9-20-13-7-11(18)10(17)6-12(13)19-14(20)8-16/h6-7H,2-5,8-9H2,1H3. The minimum Gasteiger partial charge on any atom is -0.326 e. The fourth-order valence-corrected chi connectivity index (χ4v) is 3.74. The molecule has 1 fully saturated rings. The topological polar surface area (TPSA) is 17.8 Å². The average molecular weight is 332 g/mol. The molecule has 0 aliphatic heterocycles. The van der Waals surface area contributed by atoms with Gasteiger partial charge in [0.2, 0.25) is 0 Å². The summed E-state index contributed by atoms with van der Waals surface area (Å²) in [6, 6.07) is 3.73. The second-order valence-electron chi connectivity index (χ2n) is 6.02. The van der Waals surface area contributed by atoms with Crippen molar-refractivity contribution in [2.75, 3.05) is 0 Å². The lowest BCUT2D eigenvalue weighted by molar-refractivity contribution is 0.282. The summed E-state index contributed by atoms with van der Waals surface area (Å²) < 4.78 is 2.22. The Morgan fingerprint density at radius 1 is 1.20 bits per heavy atom. The fourth-order valence-electron chi connectivity index (χ4n) is 3.22. The van der Waals surface area contributed by atoms with Crippen LogP contribution < -0.4 is 0 Å². The minimum atomic E-state index is 0.334. The summed E-state index contributed by atoms with van der Waals surface area (Å²) in [7, 11) is 0. The molecule has 2 aromatic rings. The van der Waals surface area contributed by atoms with Gasteiger partial charge in [-0.15, -0.1) is 11.6 Å². The van der Waals surface area contributed by atoms with Gasteiger partial charge >= 0.3 is 0 Å². The van der Waals surface area contributed by atoms with Gasteiger partial charge in [0.05, 0.1) is 27.0 Å². The van der Waals surface area contributed by atoms with Gasteiger partial charge in [-0.1, -0.05) is 43.0 Å². The number of rotatable bonds is 3. The maximum Gasteiger partial charge on any atom is 0.124 e. The molecule has 108 valence electrons. The van der Waals surface area contributed by atoms with Gasteiger partial charge in [0, 0.05) is 6.54 Å². The van der Waals surface area contributed by atoms with Crippen molar-refractivity contribution in [3.63, 3.8) is 0 Å². The minimum absolute atomic E-state index is 0.334. The van der Waals surface area contributed by atoms with Crippen LogP contribution in [-0.2, 0) is 12.4 Å². The number of hydrogen-bond acceptors (Lipinski definition) is 1. The lowest BCUT2D eigenvalue weighted by Gasteiger charge is -2.25. The molecule has 0 amide bonds. The zero-order valence-electron chi connectivity index (χ0n) is 11.4. The third-order valence-electron chi connectivity index (χ3n) is 4.34. The van der Waals surface area contributed by atoms with Gasteiger partial charge in [0.15, 0.2) is 0 Å². The fraction of sp³-hybridized carbons (Fsp3) is 0.533. The van der Waals surface area contributed by atoms with E-state index in [4.69, 9.17) is 34.8 Å². The van der Waals surface area contributed by atoms with Gasteiger partial charge in [0.1, 0.15) is 5.82 Å². The van der Waals surface area contributed by atoms with Crippen LogP contribution in [0.15, 0.2) is 12.1 Å². The molecule has 0 bridgehead atoms. The van der Waals surface area contributed by atoms with Gasteiger partial charge < -0.3 is 4.57 Å². The molecule has 0 saturated heterocycles. The van der Waals surface area contributed by atoms with Crippen molar-refractivity contribution < 1.29 is 0 Å². The molecule has 0 unspecified atom stereocenters. The first-order chi connectivity index (χ1) is 9.52. The molecule has 0 spiro atoms. The number of nitrogens with zero attached hydrogens (tertiary/aromatic N) is 2. The van der Waals surface area contributed by atoms with Crippen molar-refractivity contribution in [3.05, 3.63) is 28.0 Å². The van der Waals surface area contributed by atoms with Gasteiger partial charge in [-0.05, 0) is 30.4 Å². The number of hydrogen-bond donors (Lipinski definition) is 0. The summed E-state index contributed by atoms with van der Waals surface area (Å²) in [5.74, 6) is 1.30. The Balaban J connectivity index is 2.10. The zero-order chi connectivity index (χ0) is 14.3. The molecule has 0 atom stereocenters. The second-order valence-corrected chi connectivity index (χ2v) is 7.10. The van der Waals surface area contributed by atoms with Crippen LogP contribution >= 0.6 is 34.8 Å². The van der Waals surface area contributed by atoms with Crippen LogP contribution in [0.4, 0.5) is 0 Å². The quantitative estimate of drug-likeness (QED) is 0.663. The second kappa shape index (κ2) is 5.40. The molecular formula is C15H17Cl3N2. The van der Waals surface area contributed by atoms with Crippen LogP contribution in [0.1, 0.15) is 38.4 Å². The molecule has 1 aliphatic carbocycles. The first-order valence-corrected chi connectivity index (χ1v) is 8.22. The zero-order valence-corrected chi connectivity index (χ0v) is 13.7. The van der Waals surface area contributed by atoms with Crippen molar-refractivity contribution in [2.24, 2.45) is 5.41 Å². The Bertz CT molecular complexity index is 642. The van der Waals surface area contributed by atoms with E-state index in [2.05, 4.69) is 16.5 Å². The van der Waals surface area contributed by atoms with Gasteiger partial charge in [-0.25, -0.2) is 4.98 Å². The summed E-state index contributed by atoms with van der Waals surface area (Å²) in [6.07, 6.45) is 5.14. The molecule has 0 radical (unpaired) electrons. The van der Waals surface area contributed by atoms with Crippen molar-refractivity contribution in [3.8, 4) is 0 Å². The molecule has 20 heavy (non-hydrogen) atoms. The normalized spacial score (nSPS) is 18.0. The van der Waals surface area contributed by atoms with Gasteiger partial charge in [0.25, 0.3) is 0 Å². The maximum atomic E-state index is 6.16. The number of fused-ring (bicyclic) bond motifs is 1. The van der Waals surface area contributed by atoms with Crippen molar-refractivity contribution in [2.45, 2.75) is 45.0 Å². The molecule has 1 heterocycles. The molecule has 1 aromatic carbocycles. The summed E-state index contributed by atoms with van der Waals surface area (Å²) in [5.41, 5.74) is 2.24. The van der Waals surface area contributed by atoms with E-state index < -0.39 is 0 Å². The van der Waals surface area contributed by atoms with E-state index in [0.29, 0.717) is 21.3 Å². The Morgan fingerprint density at radius 3 is 2.50 bits per heavy atom. The van der Waals surface area contributed by atoms with Crippen LogP contribution in [0.25, 0.3) is 11.0 Å². The van der Waals surface area contributed by atoms with E-state index >= 15 is 0 Å². The van der Waals surface area contributed by atoms with E-state index in [1.54, 1.807) is 0 Å². The lowest BCUT2D eigenvalue weighted by atomic mass is 9.89. The Kier molecular flexibility index (Phi) is 3.91. The molecule has 1 saturated carbocycles. The number of imidazole rings is 1. The van der Waals surface area contributed by atoms with Crippen molar-refractivity contribution in [1.82, 2.24) is 9.55 Å². The summed E-state index contributed by atoms with van der Waals surface area (Å²) >= 11 is 18.3. The lowest BCUT2D eigenvalue weighted by Crippen LogP contribution is -2.20. The van der Waals surface area contributed by atoms with E-state index in [0.717, 1.165) is 23.4 Å². The number of alkyl halides is 1. The van der Waals surface area contributed by atoms with Crippen LogP contribution in [0.2, 0.25) is 10.0 Å². The Morgan fingerprint density at radius 2 is 1.85 bits per heavy atom. The third-order valence-corrected chi connectivity index (χ3v) is 5.30. The predicted octanol–water partition coefficient (Wildman–Crippen LogP) is 5.66. The van der Waals surface area contributed by atoms with E-state index in [-0.39, 0.29) is 0 Å². The smallest absolute Gasteiger partial charge is 0.124 e. The monoisotopic (exact) mass is 330 g/mol. The molecule has 0 N–H and O–H groups in total. The first-order valence-electron chi connectivity index (χ1n) is 6.92. The van der Waals surface area contributed by atoms with E-state index in [1.165, 1.54) is 25.7 Å². The highest BCUT2D eigenvalue weighted by molar-refractivity contribution is 6.42. The maximum absolute atomic E-state index is 6.16. The summed E-state index contributed by atoms with van der Waals surface area (Å²) in [6.45, 7) is 3.30. The number of aromatic nitrogens is 2. The van der Waals surface area contributed by atoms with Crippen LogP contribution in [-0.4, -0.2) is 9.55 Å². The van der Waals surface area contributed by atoms with E-state index in [9.17, 15) is 0 Å². The van der Waals surface area contributed by atoms with Crippen molar-refractivity contribution in [1.29, 1.82) is 0 Å². The highest BCUT2D eigenvalue weighted by atomic mass is 35.5. The first kappa shape index (κ1) is 14.5. The molecule has 3 rings (SSSR count). The molecule has 2 nitrogen and oxygen atoms in total. The van der Waals surface area contributed by atoms with Gasteiger partial charge in [-0.3, -0.25) is 0 Å². The summed E-state index contributed by atoms with van der Waals surface area (Å²) in [5, 5.41) is 1.11. The largest absolute Gasteiger partial charge is 0.326 e. The van der Waals surface area contributed by atoms with Crippen molar-refractivity contribution >= 4 is 45.8 Å². The van der Waals surface area contributed by atoms with E-state index in [1.807, 2.05) is 12.1 Å². The Labute approximate surface area is 134 Å². The van der Waals surface area contributed by atoms with Crippen LogP contribution in [0.5, 0.6) is 0 Å². The third kappa shape index (κ3) is 2.54. The predicted molar refractivity (Wildman–Crippen MR) is 85.9 cm³/mol. The highest BCUT2D eigenvalue weighted by Crippen LogP contribution is 2.40. The number of benzene rings is 1. The van der Waals surface area contributed by atoms with Gasteiger partial charge in [-0.2, -0.15) is 0 Å². The molecule has 5 heteroatoms.